The molecule has 0 aromatic carbocycles. The fraction of sp³-hybridized carbons (Fsp3) is 0.444. The third-order valence-corrected chi connectivity index (χ3v) is 4.69. The monoisotopic (exact) mass is 306 g/mol. The number of H-pyrrole nitrogens is 1. The van der Waals surface area contributed by atoms with E-state index in [0.717, 1.165) is 4.47 Å². The quantitative estimate of drug-likeness (QED) is 0.844. The summed E-state index contributed by atoms with van der Waals surface area (Å²) < 4.78 is 23.2. The fourth-order valence-electron chi connectivity index (χ4n) is 1.67. The second-order valence-electron chi connectivity index (χ2n) is 3.80. The van der Waals surface area contributed by atoms with E-state index in [2.05, 4.69) is 26.2 Å². The van der Waals surface area contributed by atoms with Gasteiger partial charge in [0.1, 0.15) is 5.69 Å². The van der Waals surface area contributed by atoms with E-state index in [9.17, 15) is 13.2 Å². The summed E-state index contributed by atoms with van der Waals surface area (Å²) in [5, 5.41) is 2.69. The molecule has 0 bridgehead atoms. The summed E-state index contributed by atoms with van der Waals surface area (Å²) in [4.78, 5) is 14.5. The average Bonchev–Trinajstić information content (AvgIpc) is 2.73. The van der Waals surface area contributed by atoms with E-state index in [4.69, 9.17) is 0 Å². The first-order valence-corrected chi connectivity index (χ1v) is 7.43. The van der Waals surface area contributed by atoms with Crippen molar-refractivity contribution in [2.75, 3.05) is 11.5 Å². The van der Waals surface area contributed by atoms with Crippen LogP contribution in [0, 0.1) is 0 Å². The van der Waals surface area contributed by atoms with Gasteiger partial charge in [0.2, 0.25) is 0 Å². The molecule has 1 aliphatic heterocycles. The van der Waals surface area contributed by atoms with Gasteiger partial charge in [0.25, 0.3) is 5.91 Å². The molecule has 1 fully saturated rings. The van der Waals surface area contributed by atoms with Gasteiger partial charge in [0.15, 0.2) is 9.84 Å². The van der Waals surface area contributed by atoms with Crippen molar-refractivity contribution in [1.29, 1.82) is 0 Å². The first-order chi connectivity index (χ1) is 7.46. The van der Waals surface area contributed by atoms with Crippen LogP contribution in [0.1, 0.15) is 16.9 Å². The molecule has 5 nitrogen and oxygen atoms in total. The molecule has 1 aliphatic rings. The van der Waals surface area contributed by atoms with Gasteiger partial charge in [0.05, 0.1) is 11.5 Å². The number of carbonyl (C=O) groups excluding carboxylic acids is 1. The van der Waals surface area contributed by atoms with E-state index in [-0.39, 0.29) is 23.5 Å². The topological polar surface area (TPSA) is 79.0 Å². The Bertz CT molecular complexity index is 509. The van der Waals surface area contributed by atoms with Crippen LogP contribution in [0.5, 0.6) is 0 Å². The van der Waals surface area contributed by atoms with Crippen molar-refractivity contribution in [2.45, 2.75) is 12.5 Å². The van der Waals surface area contributed by atoms with Gasteiger partial charge < -0.3 is 10.3 Å². The van der Waals surface area contributed by atoms with E-state index in [0.29, 0.717) is 12.1 Å². The maximum absolute atomic E-state index is 11.7. The molecule has 2 heterocycles. The largest absolute Gasteiger partial charge is 0.356 e. The molecule has 1 aromatic rings. The van der Waals surface area contributed by atoms with Gasteiger partial charge in [-0.05, 0) is 28.4 Å². The molecule has 2 N–H and O–H groups in total. The zero-order valence-corrected chi connectivity index (χ0v) is 10.8. The molecule has 1 unspecified atom stereocenters. The number of rotatable bonds is 2. The average molecular weight is 307 g/mol. The molecule has 2 rings (SSSR count). The SMILES string of the molecule is O=C(NC1CCS(=O)(=O)C1)c1cc(Br)c[nH]1. The molecule has 88 valence electrons. The zero-order chi connectivity index (χ0) is 11.8. The molecular weight excluding hydrogens is 296 g/mol. The highest BCUT2D eigenvalue weighted by atomic mass is 79.9. The molecule has 16 heavy (non-hydrogen) atoms. The van der Waals surface area contributed by atoms with Crippen molar-refractivity contribution >= 4 is 31.7 Å². The number of hydrogen-bond acceptors (Lipinski definition) is 3. The summed E-state index contributed by atoms with van der Waals surface area (Å²) in [5.41, 5.74) is 0.427. The number of aromatic amines is 1. The minimum atomic E-state index is -2.95. The van der Waals surface area contributed by atoms with E-state index in [1.54, 1.807) is 12.3 Å². The Morgan fingerprint density at radius 2 is 2.31 bits per heavy atom. The van der Waals surface area contributed by atoms with Gasteiger partial charge in [-0.15, -0.1) is 0 Å². The van der Waals surface area contributed by atoms with Gasteiger partial charge in [0, 0.05) is 16.7 Å². The van der Waals surface area contributed by atoms with Crippen LogP contribution >= 0.6 is 15.9 Å². The second-order valence-corrected chi connectivity index (χ2v) is 6.95. The van der Waals surface area contributed by atoms with Crippen LogP contribution in [-0.2, 0) is 9.84 Å². The van der Waals surface area contributed by atoms with Crippen LogP contribution in [0.2, 0.25) is 0 Å². The minimum absolute atomic E-state index is 0.0423. The van der Waals surface area contributed by atoms with Gasteiger partial charge in [-0.2, -0.15) is 0 Å². The lowest BCUT2D eigenvalue weighted by atomic mass is 10.2. The standard InChI is InChI=1S/C9H11BrN2O3S/c10-6-3-8(11-4-6)9(13)12-7-1-2-16(14,15)5-7/h3-4,7,11H,1-2,5H2,(H,12,13). The summed E-state index contributed by atoms with van der Waals surface area (Å²) in [6, 6.07) is 1.39. The highest BCUT2D eigenvalue weighted by Crippen LogP contribution is 2.14. The zero-order valence-electron chi connectivity index (χ0n) is 8.36. The number of sulfone groups is 1. The van der Waals surface area contributed by atoms with Crippen LogP contribution in [0.25, 0.3) is 0 Å². The van der Waals surface area contributed by atoms with Crippen molar-refractivity contribution in [1.82, 2.24) is 10.3 Å². The minimum Gasteiger partial charge on any atom is -0.356 e. The number of hydrogen-bond donors (Lipinski definition) is 2. The van der Waals surface area contributed by atoms with Crippen molar-refractivity contribution in [3.63, 3.8) is 0 Å². The van der Waals surface area contributed by atoms with Crippen LogP contribution < -0.4 is 5.32 Å². The predicted octanol–water partition coefficient (Wildman–Crippen LogP) is 0.694. The van der Waals surface area contributed by atoms with E-state index < -0.39 is 9.84 Å². The van der Waals surface area contributed by atoms with Gasteiger partial charge >= 0.3 is 0 Å². The first kappa shape index (κ1) is 11.7. The Morgan fingerprint density at radius 3 is 2.81 bits per heavy atom. The third-order valence-electron chi connectivity index (χ3n) is 2.46. The van der Waals surface area contributed by atoms with Crippen LogP contribution in [0.15, 0.2) is 16.7 Å². The van der Waals surface area contributed by atoms with Crippen molar-refractivity contribution in [3.8, 4) is 0 Å². The molecule has 0 aliphatic carbocycles. The Balaban J connectivity index is 1.99. The van der Waals surface area contributed by atoms with E-state index >= 15 is 0 Å². The van der Waals surface area contributed by atoms with E-state index in [1.807, 2.05) is 0 Å². The van der Waals surface area contributed by atoms with Crippen molar-refractivity contribution in [3.05, 3.63) is 22.4 Å². The summed E-state index contributed by atoms with van der Waals surface area (Å²) in [5.74, 6) is -0.0692. The van der Waals surface area contributed by atoms with Crippen LogP contribution in [-0.4, -0.2) is 36.9 Å². The molecule has 0 saturated carbocycles. The number of aromatic nitrogens is 1. The smallest absolute Gasteiger partial charge is 0.267 e. The molecular formula is C9H11BrN2O3S. The van der Waals surface area contributed by atoms with Crippen LogP contribution in [0.4, 0.5) is 0 Å². The Labute approximate surface area is 102 Å². The lowest BCUT2D eigenvalue weighted by molar-refractivity contribution is 0.0936. The Hall–Kier alpha value is -0.820. The number of halogens is 1. The lowest BCUT2D eigenvalue weighted by Crippen LogP contribution is -2.35. The highest BCUT2D eigenvalue weighted by Gasteiger charge is 2.29. The van der Waals surface area contributed by atoms with Crippen molar-refractivity contribution in [2.24, 2.45) is 0 Å². The van der Waals surface area contributed by atoms with E-state index in [1.165, 1.54) is 0 Å². The Morgan fingerprint density at radius 1 is 1.56 bits per heavy atom. The molecule has 7 heteroatoms. The number of carbonyl (C=O) groups is 1. The molecule has 1 amide bonds. The van der Waals surface area contributed by atoms with Gasteiger partial charge in [-0.3, -0.25) is 4.79 Å². The fourth-order valence-corrected chi connectivity index (χ4v) is 3.69. The first-order valence-electron chi connectivity index (χ1n) is 4.81. The number of nitrogens with one attached hydrogen (secondary N) is 2. The lowest BCUT2D eigenvalue weighted by Gasteiger charge is -2.09. The second kappa shape index (κ2) is 4.21. The predicted molar refractivity (Wildman–Crippen MR) is 63.0 cm³/mol. The molecule has 1 aromatic heterocycles. The molecule has 1 saturated heterocycles. The van der Waals surface area contributed by atoms with Gasteiger partial charge in [-0.25, -0.2) is 8.42 Å². The van der Waals surface area contributed by atoms with Gasteiger partial charge in [-0.1, -0.05) is 0 Å². The molecule has 0 spiro atoms. The summed E-state index contributed by atoms with van der Waals surface area (Å²) in [7, 11) is -2.95. The van der Waals surface area contributed by atoms with Crippen LogP contribution in [0.3, 0.4) is 0 Å². The summed E-state index contributed by atoms with van der Waals surface area (Å²) >= 11 is 3.22. The Kier molecular flexibility index (Phi) is 3.07. The molecule has 0 radical (unpaired) electrons. The van der Waals surface area contributed by atoms with Crippen molar-refractivity contribution < 1.29 is 13.2 Å². The normalized spacial score (nSPS) is 23.2. The summed E-state index contributed by atoms with van der Waals surface area (Å²) in [6.07, 6.45) is 2.15. The maximum Gasteiger partial charge on any atom is 0.267 e. The highest BCUT2D eigenvalue weighted by molar-refractivity contribution is 9.10. The summed E-state index contributed by atoms with van der Waals surface area (Å²) in [6.45, 7) is 0. The molecule has 1 atom stereocenters. The maximum atomic E-state index is 11.7. The number of amides is 1. The third kappa shape index (κ3) is 2.65.